The Morgan fingerprint density at radius 3 is 2.22 bits per heavy atom. The van der Waals surface area contributed by atoms with Crippen LogP contribution < -0.4 is 10.6 Å². The molecule has 8 nitrogen and oxygen atoms in total. The lowest BCUT2D eigenvalue weighted by Crippen LogP contribution is -2.48. The smallest absolute Gasteiger partial charge is 0.408 e. The highest BCUT2D eigenvalue weighted by Gasteiger charge is 2.31. The Bertz CT molecular complexity index is 835. The minimum absolute atomic E-state index is 0.129. The van der Waals surface area contributed by atoms with Gasteiger partial charge in [-0.05, 0) is 63.8 Å². The zero-order valence-electron chi connectivity index (χ0n) is 23.1. The molecule has 8 heteroatoms. The zero-order valence-corrected chi connectivity index (χ0v) is 23.1. The van der Waals surface area contributed by atoms with E-state index in [-0.39, 0.29) is 24.1 Å². The highest BCUT2D eigenvalue weighted by atomic mass is 16.6. The number of benzene rings is 1. The summed E-state index contributed by atoms with van der Waals surface area (Å²) < 4.78 is 5.26. The molecule has 0 aromatic heterocycles. The Morgan fingerprint density at radius 1 is 0.972 bits per heavy atom. The Hall–Kier alpha value is -2.77. The molecule has 0 aliphatic heterocycles. The van der Waals surface area contributed by atoms with Gasteiger partial charge in [0.25, 0.3) is 0 Å². The van der Waals surface area contributed by atoms with E-state index < -0.39 is 17.7 Å². The lowest BCUT2D eigenvalue weighted by atomic mass is 10.00. The molecule has 1 aromatic carbocycles. The summed E-state index contributed by atoms with van der Waals surface area (Å²) in [6.07, 6.45) is 7.32. The van der Waals surface area contributed by atoms with Crippen molar-refractivity contribution < 1.29 is 24.2 Å². The van der Waals surface area contributed by atoms with Gasteiger partial charge in [-0.15, -0.1) is 0 Å². The van der Waals surface area contributed by atoms with Crippen LogP contribution in [0.15, 0.2) is 18.2 Å². The number of hydrogen-bond acceptors (Lipinski definition) is 5. The first-order chi connectivity index (χ1) is 17.0. The molecular weight excluding hydrogens is 458 g/mol. The Morgan fingerprint density at radius 2 is 1.61 bits per heavy atom. The van der Waals surface area contributed by atoms with Crippen LogP contribution >= 0.6 is 0 Å². The second-order valence-electron chi connectivity index (χ2n) is 10.3. The number of rotatable bonds is 15. The third kappa shape index (κ3) is 11.8. The van der Waals surface area contributed by atoms with Crippen LogP contribution in [0.1, 0.15) is 103 Å². The van der Waals surface area contributed by atoms with Gasteiger partial charge in [-0.2, -0.15) is 0 Å². The normalized spacial score (nSPS) is 12.1. The number of ether oxygens (including phenoxy) is 1. The molecule has 0 aliphatic rings. The highest BCUT2D eigenvalue weighted by Crippen LogP contribution is 2.27. The standard InChI is InChI=1S/C28H47N3O5/c1-7-9-11-12-13-14-18-31(24(33)20-30-27(35)36-28(4,5)6)25(26(34)29-17-10-8-2)22-15-16-23(32)21(3)19-22/h15-16,19,25,32H,7-14,17-18,20H2,1-6H3,(H,29,34)(H,30,35). The van der Waals surface area contributed by atoms with Gasteiger partial charge in [0.05, 0.1) is 0 Å². The molecule has 36 heavy (non-hydrogen) atoms. The van der Waals surface area contributed by atoms with Gasteiger partial charge in [0.1, 0.15) is 23.9 Å². The molecular formula is C28H47N3O5. The molecule has 204 valence electrons. The number of phenolic OH excluding ortho intramolecular Hbond substituents is 1. The van der Waals surface area contributed by atoms with E-state index in [4.69, 9.17) is 4.74 Å². The van der Waals surface area contributed by atoms with Crippen LogP contribution in [0.25, 0.3) is 0 Å². The lowest BCUT2D eigenvalue weighted by Gasteiger charge is -2.32. The molecule has 1 unspecified atom stereocenters. The maximum atomic E-state index is 13.4. The minimum Gasteiger partial charge on any atom is -0.508 e. The van der Waals surface area contributed by atoms with Crippen molar-refractivity contribution in [2.75, 3.05) is 19.6 Å². The average molecular weight is 506 g/mol. The fourth-order valence-corrected chi connectivity index (χ4v) is 3.83. The number of carbonyl (C=O) groups is 3. The third-order valence-corrected chi connectivity index (χ3v) is 5.78. The lowest BCUT2D eigenvalue weighted by molar-refractivity contribution is -0.140. The van der Waals surface area contributed by atoms with Gasteiger partial charge in [-0.1, -0.05) is 58.4 Å². The van der Waals surface area contributed by atoms with Gasteiger partial charge >= 0.3 is 6.09 Å². The number of phenols is 1. The largest absolute Gasteiger partial charge is 0.508 e. The van der Waals surface area contributed by atoms with E-state index >= 15 is 0 Å². The quantitative estimate of drug-likeness (QED) is 0.278. The van der Waals surface area contributed by atoms with Crippen LogP contribution in [0, 0.1) is 6.92 Å². The molecule has 0 heterocycles. The number of carbonyl (C=O) groups excluding carboxylic acids is 3. The summed E-state index contributed by atoms with van der Waals surface area (Å²) in [6.45, 7) is 11.8. The van der Waals surface area contributed by atoms with E-state index in [2.05, 4.69) is 17.6 Å². The van der Waals surface area contributed by atoms with Crippen LogP contribution in [-0.2, 0) is 14.3 Å². The van der Waals surface area contributed by atoms with Crippen LogP contribution in [0.3, 0.4) is 0 Å². The van der Waals surface area contributed by atoms with Gasteiger partial charge in [0.2, 0.25) is 11.8 Å². The predicted octanol–water partition coefficient (Wildman–Crippen LogP) is 5.37. The molecule has 1 aromatic rings. The minimum atomic E-state index is -0.871. The summed E-state index contributed by atoms with van der Waals surface area (Å²) in [6, 6.07) is 4.09. The molecule has 0 saturated heterocycles. The summed E-state index contributed by atoms with van der Waals surface area (Å²) in [5, 5.41) is 15.5. The number of alkyl carbamates (subject to hydrolysis) is 1. The van der Waals surface area contributed by atoms with E-state index in [1.165, 1.54) is 6.42 Å². The number of unbranched alkanes of at least 4 members (excludes halogenated alkanes) is 6. The first-order valence-electron chi connectivity index (χ1n) is 13.3. The number of nitrogens with one attached hydrogen (secondary N) is 2. The number of hydrogen-bond donors (Lipinski definition) is 3. The maximum Gasteiger partial charge on any atom is 0.408 e. The fraction of sp³-hybridized carbons (Fsp3) is 0.679. The molecule has 0 bridgehead atoms. The molecule has 3 N–H and O–H groups in total. The van der Waals surface area contributed by atoms with Gasteiger partial charge in [-0.25, -0.2) is 4.79 Å². The molecule has 0 fully saturated rings. The summed E-state index contributed by atoms with van der Waals surface area (Å²) in [5.41, 5.74) is 0.560. The van der Waals surface area contributed by atoms with Crippen molar-refractivity contribution in [3.63, 3.8) is 0 Å². The number of aromatic hydroxyl groups is 1. The predicted molar refractivity (Wildman–Crippen MR) is 143 cm³/mol. The highest BCUT2D eigenvalue weighted by molar-refractivity contribution is 5.90. The number of nitrogens with zero attached hydrogens (tertiary/aromatic N) is 1. The first kappa shape index (κ1) is 31.3. The van der Waals surface area contributed by atoms with Crippen molar-refractivity contribution >= 4 is 17.9 Å². The Kier molecular flexibility index (Phi) is 14.0. The Balaban J connectivity index is 3.16. The van der Waals surface area contributed by atoms with Gasteiger partial charge < -0.3 is 25.4 Å². The molecule has 1 atom stereocenters. The van der Waals surface area contributed by atoms with Crippen LogP contribution in [0.2, 0.25) is 0 Å². The second-order valence-corrected chi connectivity index (χ2v) is 10.3. The number of aryl methyl sites for hydroxylation is 1. The van der Waals surface area contributed by atoms with E-state index in [9.17, 15) is 19.5 Å². The fourth-order valence-electron chi connectivity index (χ4n) is 3.83. The summed E-state index contributed by atoms with van der Waals surface area (Å²) >= 11 is 0. The molecule has 1 rings (SSSR count). The van der Waals surface area contributed by atoms with Crippen LogP contribution in [-0.4, -0.2) is 53.1 Å². The van der Waals surface area contributed by atoms with Crippen molar-refractivity contribution in [3.05, 3.63) is 29.3 Å². The van der Waals surface area contributed by atoms with E-state index in [1.807, 2.05) is 6.92 Å². The van der Waals surface area contributed by atoms with Gasteiger partial charge in [-0.3, -0.25) is 9.59 Å². The average Bonchev–Trinajstić information content (AvgIpc) is 2.80. The van der Waals surface area contributed by atoms with Crippen molar-refractivity contribution in [2.45, 2.75) is 105 Å². The SMILES string of the molecule is CCCCCCCCN(C(=O)CNC(=O)OC(C)(C)C)C(C(=O)NCCCC)c1ccc(O)c(C)c1. The third-order valence-electron chi connectivity index (χ3n) is 5.78. The van der Waals surface area contributed by atoms with Gasteiger partial charge in [0.15, 0.2) is 0 Å². The zero-order chi connectivity index (χ0) is 27.1. The summed E-state index contributed by atoms with van der Waals surface area (Å²) in [7, 11) is 0. The molecule has 3 amide bonds. The molecule has 0 aliphatic carbocycles. The Labute approximate surface area is 217 Å². The summed E-state index contributed by atoms with van der Waals surface area (Å²) in [4.78, 5) is 40.5. The number of amides is 3. The van der Waals surface area contributed by atoms with Gasteiger partial charge in [0, 0.05) is 13.1 Å². The summed E-state index contributed by atoms with van der Waals surface area (Å²) in [5.74, 6) is -0.509. The van der Waals surface area contributed by atoms with Crippen LogP contribution in [0.4, 0.5) is 4.79 Å². The molecule has 0 spiro atoms. The van der Waals surface area contributed by atoms with Crippen molar-refractivity contribution in [1.82, 2.24) is 15.5 Å². The maximum absolute atomic E-state index is 13.4. The molecule has 0 saturated carbocycles. The van der Waals surface area contributed by atoms with E-state index in [1.54, 1.807) is 50.8 Å². The van der Waals surface area contributed by atoms with Crippen molar-refractivity contribution in [3.8, 4) is 5.75 Å². The van der Waals surface area contributed by atoms with Crippen molar-refractivity contribution in [1.29, 1.82) is 0 Å². The first-order valence-corrected chi connectivity index (χ1v) is 13.3. The van der Waals surface area contributed by atoms with E-state index in [0.29, 0.717) is 24.2 Å². The topological polar surface area (TPSA) is 108 Å². The monoisotopic (exact) mass is 505 g/mol. The van der Waals surface area contributed by atoms with E-state index in [0.717, 1.165) is 44.9 Å². The molecule has 0 radical (unpaired) electrons. The van der Waals surface area contributed by atoms with Crippen molar-refractivity contribution in [2.24, 2.45) is 0 Å². The van der Waals surface area contributed by atoms with Crippen LogP contribution in [0.5, 0.6) is 5.75 Å². The second kappa shape index (κ2) is 16.1.